The van der Waals surface area contributed by atoms with Crippen LogP contribution in [0.2, 0.25) is 5.02 Å². The average molecular weight is 184 g/mol. The molecule has 1 aromatic carbocycles. The minimum absolute atomic E-state index is 0.748. The molecule has 0 bridgehead atoms. The predicted molar refractivity (Wildman–Crippen MR) is 54.6 cm³/mol. The fraction of sp³-hybridized carbons (Fsp3) is 0.400. The van der Waals surface area contributed by atoms with Gasteiger partial charge in [-0.1, -0.05) is 24.9 Å². The van der Waals surface area contributed by atoms with Gasteiger partial charge in [0.05, 0.1) is 0 Å². The van der Waals surface area contributed by atoms with Gasteiger partial charge >= 0.3 is 0 Å². The molecule has 2 heteroatoms. The van der Waals surface area contributed by atoms with Gasteiger partial charge in [-0.2, -0.15) is 0 Å². The van der Waals surface area contributed by atoms with Crippen molar-refractivity contribution in [3.05, 3.63) is 28.3 Å². The van der Waals surface area contributed by atoms with Gasteiger partial charge in [0.25, 0.3) is 0 Å². The van der Waals surface area contributed by atoms with Crippen molar-refractivity contribution >= 4 is 17.3 Å². The summed E-state index contributed by atoms with van der Waals surface area (Å²) < 4.78 is 0. The Hall–Kier alpha value is -0.690. The van der Waals surface area contributed by atoms with Crippen LogP contribution < -0.4 is 5.73 Å². The highest BCUT2D eigenvalue weighted by Crippen LogP contribution is 2.24. The molecule has 1 aromatic rings. The number of hydrogen-bond acceptors (Lipinski definition) is 1. The van der Waals surface area contributed by atoms with E-state index in [0.717, 1.165) is 23.6 Å². The summed E-state index contributed by atoms with van der Waals surface area (Å²) in [5, 5.41) is 0.800. The quantitative estimate of drug-likeness (QED) is 0.701. The topological polar surface area (TPSA) is 26.0 Å². The molecule has 0 spiro atoms. The Labute approximate surface area is 78.5 Å². The Kier molecular flexibility index (Phi) is 2.99. The maximum atomic E-state index is 6.03. The van der Waals surface area contributed by atoms with Crippen molar-refractivity contribution in [2.45, 2.75) is 26.7 Å². The number of benzene rings is 1. The molecule has 0 saturated carbocycles. The van der Waals surface area contributed by atoms with Crippen molar-refractivity contribution in [2.75, 3.05) is 5.73 Å². The summed E-state index contributed by atoms with van der Waals surface area (Å²) in [7, 11) is 0. The van der Waals surface area contributed by atoms with E-state index in [2.05, 4.69) is 6.92 Å². The van der Waals surface area contributed by atoms with Gasteiger partial charge in [-0.25, -0.2) is 0 Å². The Morgan fingerprint density at radius 1 is 1.42 bits per heavy atom. The first-order valence-corrected chi connectivity index (χ1v) is 4.57. The van der Waals surface area contributed by atoms with Crippen LogP contribution in [0, 0.1) is 6.92 Å². The van der Waals surface area contributed by atoms with Crippen LogP contribution in [-0.4, -0.2) is 0 Å². The zero-order valence-corrected chi connectivity index (χ0v) is 8.28. The van der Waals surface area contributed by atoms with Crippen molar-refractivity contribution in [1.29, 1.82) is 0 Å². The minimum atomic E-state index is 0.748. The molecule has 0 aliphatic rings. The maximum Gasteiger partial charge on any atom is 0.0461 e. The lowest BCUT2D eigenvalue weighted by Crippen LogP contribution is -1.93. The number of anilines is 1. The van der Waals surface area contributed by atoms with Crippen LogP contribution in [0.15, 0.2) is 12.1 Å². The fourth-order valence-electron chi connectivity index (χ4n) is 1.37. The van der Waals surface area contributed by atoms with Gasteiger partial charge in [0.15, 0.2) is 0 Å². The van der Waals surface area contributed by atoms with Gasteiger partial charge in [0, 0.05) is 10.7 Å². The first-order valence-electron chi connectivity index (χ1n) is 4.19. The zero-order valence-electron chi connectivity index (χ0n) is 7.52. The second kappa shape index (κ2) is 3.81. The smallest absolute Gasteiger partial charge is 0.0461 e. The third-order valence-corrected chi connectivity index (χ3v) is 2.28. The summed E-state index contributed by atoms with van der Waals surface area (Å²) in [4.78, 5) is 0. The van der Waals surface area contributed by atoms with Crippen molar-refractivity contribution < 1.29 is 0 Å². The molecule has 0 atom stereocenters. The van der Waals surface area contributed by atoms with Crippen molar-refractivity contribution in [2.24, 2.45) is 0 Å². The zero-order chi connectivity index (χ0) is 9.14. The van der Waals surface area contributed by atoms with E-state index in [-0.39, 0.29) is 0 Å². The van der Waals surface area contributed by atoms with Crippen molar-refractivity contribution in [3.8, 4) is 0 Å². The maximum absolute atomic E-state index is 6.03. The Morgan fingerprint density at radius 3 is 2.58 bits per heavy atom. The third kappa shape index (κ3) is 1.92. The van der Waals surface area contributed by atoms with Crippen LogP contribution in [-0.2, 0) is 6.42 Å². The van der Waals surface area contributed by atoms with E-state index in [0.29, 0.717) is 0 Å². The molecule has 12 heavy (non-hydrogen) atoms. The Bertz CT molecular complexity index is 258. The first-order chi connectivity index (χ1) is 5.65. The monoisotopic (exact) mass is 183 g/mol. The molecule has 66 valence electrons. The third-order valence-electron chi connectivity index (χ3n) is 1.94. The van der Waals surface area contributed by atoms with Crippen LogP contribution in [0.5, 0.6) is 0 Å². The highest BCUT2D eigenvalue weighted by Gasteiger charge is 2.03. The fourth-order valence-corrected chi connectivity index (χ4v) is 1.74. The summed E-state index contributed by atoms with van der Waals surface area (Å²) >= 11 is 6.03. The van der Waals surface area contributed by atoms with Gasteiger partial charge in [0.1, 0.15) is 0 Å². The summed E-state index contributed by atoms with van der Waals surface area (Å²) in [6.45, 7) is 4.19. The van der Waals surface area contributed by atoms with Crippen LogP contribution >= 0.6 is 11.6 Å². The molecule has 0 aromatic heterocycles. The van der Waals surface area contributed by atoms with Crippen molar-refractivity contribution in [1.82, 2.24) is 0 Å². The Balaban J connectivity index is 3.10. The number of rotatable bonds is 2. The molecule has 0 aliphatic heterocycles. The van der Waals surface area contributed by atoms with E-state index in [1.54, 1.807) is 0 Å². The van der Waals surface area contributed by atoms with Crippen LogP contribution in [0.25, 0.3) is 0 Å². The van der Waals surface area contributed by atoms with Gasteiger partial charge in [-0.15, -0.1) is 0 Å². The van der Waals surface area contributed by atoms with E-state index in [4.69, 9.17) is 17.3 Å². The van der Waals surface area contributed by atoms with Crippen LogP contribution in [0.3, 0.4) is 0 Å². The molecule has 0 heterocycles. The molecule has 0 radical (unpaired) electrons. The SMILES string of the molecule is CCCc1c(C)cc(N)cc1Cl. The summed E-state index contributed by atoms with van der Waals surface area (Å²) in [6, 6.07) is 3.79. The normalized spacial score (nSPS) is 10.2. The lowest BCUT2D eigenvalue weighted by Gasteiger charge is -2.07. The molecule has 2 N–H and O–H groups in total. The van der Waals surface area contributed by atoms with Gasteiger partial charge < -0.3 is 5.73 Å². The van der Waals surface area contributed by atoms with E-state index in [1.165, 1.54) is 11.1 Å². The molecule has 0 aliphatic carbocycles. The van der Waals surface area contributed by atoms with Crippen molar-refractivity contribution in [3.63, 3.8) is 0 Å². The van der Waals surface area contributed by atoms with Gasteiger partial charge in [0.2, 0.25) is 0 Å². The summed E-state index contributed by atoms with van der Waals surface area (Å²) in [5.41, 5.74) is 8.81. The lowest BCUT2D eigenvalue weighted by atomic mass is 10.0. The number of nitrogens with two attached hydrogens (primary N) is 1. The van der Waals surface area contributed by atoms with Gasteiger partial charge in [-0.05, 0) is 36.6 Å². The molecule has 0 unspecified atom stereocenters. The van der Waals surface area contributed by atoms with Crippen LogP contribution in [0.1, 0.15) is 24.5 Å². The van der Waals surface area contributed by atoms with E-state index in [9.17, 15) is 0 Å². The summed E-state index contributed by atoms with van der Waals surface area (Å²) in [5.74, 6) is 0. The average Bonchev–Trinajstić information content (AvgIpc) is 1.96. The predicted octanol–water partition coefficient (Wildman–Crippen LogP) is 3.18. The van der Waals surface area contributed by atoms with Crippen LogP contribution in [0.4, 0.5) is 5.69 Å². The standard InChI is InChI=1S/C10H14ClN/c1-3-4-9-7(2)5-8(12)6-10(9)11/h5-6H,3-4,12H2,1-2H3. The summed E-state index contributed by atoms with van der Waals surface area (Å²) in [6.07, 6.45) is 2.15. The lowest BCUT2D eigenvalue weighted by molar-refractivity contribution is 0.913. The molecule has 1 rings (SSSR count). The Morgan fingerprint density at radius 2 is 2.08 bits per heavy atom. The van der Waals surface area contributed by atoms with E-state index < -0.39 is 0 Å². The van der Waals surface area contributed by atoms with E-state index in [1.807, 2.05) is 19.1 Å². The number of aryl methyl sites for hydroxylation is 1. The largest absolute Gasteiger partial charge is 0.399 e. The number of nitrogen functional groups attached to an aromatic ring is 1. The molecule has 0 fully saturated rings. The number of halogens is 1. The number of hydrogen-bond donors (Lipinski definition) is 1. The second-order valence-corrected chi connectivity index (χ2v) is 3.46. The van der Waals surface area contributed by atoms with E-state index >= 15 is 0 Å². The first kappa shape index (κ1) is 9.40. The molecular formula is C10H14ClN. The molecule has 0 saturated heterocycles. The van der Waals surface area contributed by atoms with Gasteiger partial charge in [-0.3, -0.25) is 0 Å². The minimum Gasteiger partial charge on any atom is -0.399 e. The highest BCUT2D eigenvalue weighted by molar-refractivity contribution is 6.31. The molecular weight excluding hydrogens is 170 g/mol. The highest BCUT2D eigenvalue weighted by atomic mass is 35.5. The second-order valence-electron chi connectivity index (χ2n) is 3.05. The molecule has 1 nitrogen and oxygen atoms in total. The molecule has 0 amide bonds.